The summed E-state index contributed by atoms with van der Waals surface area (Å²) in [6, 6.07) is 0. The van der Waals surface area contributed by atoms with Gasteiger partial charge < -0.3 is 9.47 Å². The Morgan fingerprint density at radius 2 is 1.90 bits per heavy atom. The van der Waals surface area contributed by atoms with Crippen LogP contribution in [0.4, 0.5) is 0 Å². The number of fused-ring (bicyclic) bond motifs is 1. The zero-order valence-corrected chi connectivity index (χ0v) is 13.1. The number of imidazole rings is 1. The molecular weight excluding hydrogens is 292 g/mol. The highest BCUT2D eigenvalue weighted by molar-refractivity contribution is 7.15. The molecule has 0 aromatic carbocycles. The van der Waals surface area contributed by atoms with Crippen LogP contribution >= 0.6 is 11.3 Å². The Bertz CT molecular complexity index is 600. The normalized spacial score (nSPS) is 11.6. The SMILES string of the molecule is CCOC(=O)C(C)(Cc1cn2ccsc2n1)C(=O)OCC. The lowest BCUT2D eigenvalue weighted by atomic mass is 9.85. The highest BCUT2D eigenvalue weighted by atomic mass is 32.1. The molecule has 0 amide bonds. The quantitative estimate of drug-likeness (QED) is 0.603. The molecule has 0 aliphatic heterocycles. The molecule has 0 atom stereocenters. The summed E-state index contributed by atoms with van der Waals surface area (Å²) in [5.74, 6) is -1.17. The molecule has 0 radical (unpaired) electrons. The molecule has 2 heterocycles. The van der Waals surface area contributed by atoms with Crippen LogP contribution in [0.15, 0.2) is 17.8 Å². The summed E-state index contributed by atoms with van der Waals surface area (Å²) in [4.78, 5) is 29.6. The summed E-state index contributed by atoms with van der Waals surface area (Å²) in [6.45, 7) is 5.38. The van der Waals surface area contributed by atoms with Gasteiger partial charge in [0.05, 0.1) is 18.9 Å². The van der Waals surface area contributed by atoms with Crippen molar-refractivity contribution in [1.29, 1.82) is 0 Å². The lowest BCUT2D eigenvalue weighted by Gasteiger charge is -2.24. The number of esters is 2. The second-order valence-corrected chi connectivity index (χ2v) is 5.65. The average Bonchev–Trinajstić information content (AvgIpc) is 2.99. The first-order valence-electron chi connectivity index (χ1n) is 6.76. The number of rotatable bonds is 6. The maximum atomic E-state index is 12.2. The summed E-state index contributed by atoms with van der Waals surface area (Å²) in [5, 5.41) is 1.92. The van der Waals surface area contributed by atoms with Crippen LogP contribution in [0.25, 0.3) is 4.96 Å². The maximum Gasteiger partial charge on any atom is 0.323 e. The zero-order valence-electron chi connectivity index (χ0n) is 12.3. The minimum absolute atomic E-state index is 0.152. The molecule has 7 heteroatoms. The van der Waals surface area contributed by atoms with Crippen molar-refractivity contribution in [2.24, 2.45) is 5.41 Å². The number of carbonyl (C=O) groups excluding carboxylic acids is 2. The number of nitrogens with zero attached hydrogens (tertiary/aromatic N) is 2. The van der Waals surface area contributed by atoms with Gasteiger partial charge in [-0.15, -0.1) is 11.3 Å². The number of aromatic nitrogens is 2. The Labute approximate surface area is 126 Å². The standard InChI is InChI=1S/C14H18N2O4S/c1-4-19-11(17)14(3,12(18)20-5-2)8-10-9-16-6-7-21-13(16)15-10/h6-7,9H,4-5,8H2,1-3H3. The smallest absolute Gasteiger partial charge is 0.323 e. The van der Waals surface area contributed by atoms with E-state index in [2.05, 4.69) is 4.98 Å². The summed E-state index contributed by atoms with van der Waals surface area (Å²) in [6.07, 6.45) is 3.84. The van der Waals surface area contributed by atoms with Crippen molar-refractivity contribution < 1.29 is 19.1 Å². The Kier molecular flexibility index (Phi) is 4.62. The van der Waals surface area contributed by atoms with E-state index in [4.69, 9.17) is 9.47 Å². The van der Waals surface area contributed by atoms with Crippen molar-refractivity contribution in [2.45, 2.75) is 27.2 Å². The van der Waals surface area contributed by atoms with E-state index in [1.165, 1.54) is 18.3 Å². The van der Waals surface area contributed by atoms with Crippen LogP contribution in [0.1, 0.15) is 26.5 Å². The van der Waals surface area contributed by atoms with E-state index in [0.29, 0.717) is 5.69 Å². The molecule has 2 rings (SSSR count). The Morgan fingerprint density at radius 3 is 2.43 bits per heavy atom. The van der Waals surface area contributed by atoms with Crippen molar-refractivity contribution in [1.82, 2.24) is 9.38 Å². The number of hydrogen-bond acceptors (Lipinski definition) is 6. The van der Waals surface area contributed by atoms with Gasteiger partial charge >= 0.3 is 11.9 Å². The van der Waals surface area contributed by atoms with Gasteiger partial charge in [0.1, 0.15) is 0 Å². The Hall–Kier alpha value is -1.89. The second-order valence-electron chi connectivity index (χ2n) is 4.77. The van der Waals surface area contributed by atoms with E-state index < -0.39 is 17.4 Å². The van der Waals surface area contributed by atoms with Gasteiger partial charge in [0.15, 0.2) is 10.4 Å². The summed E-state index contributed by atoms with van der Waals surface area (Å²) >= 11 is 1.49. The van der Waals surface area contributed by atoms with E-state index >= 15 is 0 Å². The van der Waals surface area contributed by atoms with Gasteiger partial charge in [-0.2, -0.15) is 0 Å². The van der Waals surface area contributed by atoms with Crippen LogP contribution in [0.3, 0.4) is 0 Å². The molecule has 2 aromatic rings. The van der Waals surface area contributed by atoms with Crippen molar-refractivity contribution in [3.63, 3.8) is 0 Å². The second kappa shape index (κ2) is 6.26. The molecule has 0 N–H and O–H groups in total. The highest BCUT2D eigenvalue weighted by Gasteiger charge is 2.45. The number of carbonyl (C=O) groups is 2. The molecule has 0 spiro atoms. The lowest BCUT2D eigenvalue weighted by molar-refractivity contribution is -0.170. The van der Waals surface area contributed by atoms with Crippen LogP contribution in [0, 0.1) is 5.41 Å². The fourth-order valence-corrected chi connectivity index (χ4v) is 2.75. The summed E-state index contributed by atoms with van der Waals surface area (Å²) in [7, 11) is 0. The van der Waals surface area contributed by atoms with E-state index in [1.54, 1.807) is 13.8 Å². The van der Waals surface area contributed by atoms with E-state index in [0.717, 1.165) is 4.96 Å². The molecule has 0 aliphatic rings. The Morgan fingerprint density at radius 1 is 1.29 bits per heavy atom. The third-order valence-electron chi connectivity index (χ3n) is 3.13. The van der Waals surface area contributed by atoms with Crippen molar-refractivity contribution >= 4 is 28.2 Å². The van der Waals surface area contributed by atoms with E-state index in [-0.39, 0.29) is 19.6 Å². The van der Waals surface area contributed by atoms with Gasteiger partial charge in [-0.3, -0.25) is 14.0 Å². The third kappa shape index (κ3) is 3.07. The highest BCUT2D eigenvalue weighted by Crippen LogP contribution is 2.27. The third-order valence-corrected chi connectivity index (χ3v) is 3.90. The van der Waals surface area contributed by atoms with Crippen molar-refractivity contribution in [2.75, 3.05) is 13.2 Å². The first-order valence-corrected chi connectivity index (χ1v) is 7.64. The van der Waals surface area contributed by atoms with E-state index in [9.17, 15) is 9.59 Å². The molecule has 2 aromatic heterocycles. The summed E-state index contributed by atoms with van der Waals surface area (Å²) in [5.41, 5.74) is -0.721. The zero-order chi connectivity index (χ0) is 15.5. The monoisotopic (exact) mass is 310 g/mol. The molecule has 0 unspecified atom stereocenters. The van der Waals surface area contributed by atoms with Crippen LogP contribution in [-0.2, 0) is 25.5 Å². The summed E-state index contributed by atoms with van der Waals surface area (Å²) < 4.78 is 11.9. The fraction of sp³-hybridized carbons (Fsp3) is 0.500. The van der Waals surface area contributed by atoms with Crippen LogP contribution < -0.4 is 0 Å². The minimum atomic E-state index is -1.38. The average molecular weight is 310 g/mol. The first kappa shape index (κ1) is 15.5. The lowest BCUT2D eigenvalue weighted by Crippen LogP contribution is -2.41. The predicted octanol–water partition coefficient (Wildman–Crippen LogP) is 2.07. The topological polar surface area (TPSA) is 69.9 Å². The molecule has 0 saturated heterocycles. The molecule has 0 saturated carbocycles. The van der Waals surface area contributed by atoms with Gasteiger partial charge in [-0.25, -0.2) is 4.98 Å². The molecule has 114 valence electrons. The molecule has 21 heavy (non-hydrogen) atoms. The van der Waals surface area contributed by atoms with Gasteiger partial charge in [0.2, 0.25) is 0 Å². The van der Waals surface area contributed by atoms with Gasteiger partial charge in [-0.05, 0) is 20.8 Å². The first-order chi connectivity index (χ1) is 10.0. The maximum absolute atomic E-state index is 12.2. The van der Waals surface area contributed by atoms with Gasteiger partial charge in [0, 0.05) is 24.2 Å². The Balaban J connectivity index is 2.28. The van der Waals surface area contributed by atoms with Crippen molar-refractivity contribution in [3.05, 3.63) is 23.5 Å². The van der Waals surface area contributed by atoms with Crippen molar-refractivity contribution in [3.8, 4) is 0 Å². The van der Waals surface area contributed by atoms with Gasteiger partial charge in [0.25, 0.3) is 0 Å². The van der Waals surface area contributed by atoms with Gasteiger partial charge in [-0.1, -0.05) is 0 Å². The van der Waals surface area contributed by atoms with Crippen LogP contribution in [-0.4, -0.2) is 34.5 Å². The largest absolute Gasteiger partial charge is 0.465 e. The molecule has 6 nitrogen and oxygen atoms in total. The molecule has 0 bridgehead atoms. The van der Waals surface area contributed by atoms with Crippen LogP contribution in [0.2, 0.25) is 0 Å². The molecule has 0 fully saturated rings. The number of thiazole rings is 1. The van der Waals surface area contributed by atoms with E-state index in [1.807, 2.05) is 22.2 Å². The molecule has 0 aliphatic carbocycles. The number of hydrogen-bond donors (Lipinski definition) is 0. The fourth-order valence-electron chi connectivity index (χ4n) is 2.03. The van der Waals surface area contributed by atoms with Crippen LogP contribution in [0.5, 0.6) is 0 Å². The number of ether oxygens (including phenoxy) is 2. The molecular formula is C14H18N2O4S. The minimum Gasteiger partial charge on any atom is -0.465 e. The predicted molar refractivity (Wildman–Crippen MR) is 78.1 cm³/mol.